The van der Waals surface area contributed by atoms with Crippen LogP contribution in [0.2, 0.25) is 0 Å². The van der Waals surface area contributed by atoms with Gasteiger partial charge in [0.15, 0.2) is 0 Å². The third-order valence-electron chi connectivity index (χ3n) is 4.43. The molecule has 3 rings (SSSR count). The first-order valence-corrected chi connectivity index (χ1v) is 8.58. The maximum Gasteiger partial charge on any atom is 0.254 e. The number of hydrogen-bond donors (Lipinski definition) is 0. The van der Waals surface area contributed by atoms with Crippen molar-refractivity contribution >= 4 is 5.91 Å². The fraction of sp³-hybridized carbons (Fsp3) is 0.350. The average Bonchev–Trinajstić information content (AvgIpc) is 2.63. The Kier molecular flexibility index (Phi) is 5.66. The molecule has 0 aliphatic carbocycles. The monoisotopic (exact) mass is 342 g/mol. The molecule has 0 atom stereocenters. The molecular weight excluding hydrogens is 319 g/mol. The van der Waals surface area contributed by atoms with Crippen molar-refractivity contribution in [3.63, 3.8) is 0 Å². The quantitative estimate of drug-likeness (QED) is 0.837. The number of ether oxygens (including phenoxy) is 1. The summed E-state index contributed by atoms with van der Waals surface area (Å²) >= 11 is 0. The van der Waals surface area contributed by atoms with Gasteiger partial charge in [0, 0.05) is 38.3 Å². The van der Waals surface area contributed by atoms with Crippen LogP contribution in [0.5, 0.6) is 5.75 Å². The number of nitrogens with zero attached hydrogens (tertiary/aromatic N) is 2. The standard InChI is InChI=1S/C20H23FN2O2/c1-16-5-7-19(8-6-16)25-14-13-22-9-11-23(12-10-22)20(24)17-3-2-4-18(21)15-17/h2-8,15H,9-14H2,1H3. The number of halogens is 1. The van der Waals surface area contributed by atoms with Crippen molar-refractivity contribution in [1.82, 2.24) is 9.80 Å². The van der Waals surface area contributed by atoms with Crippen LogP contribution >= 0.6 is 0 Å². The summed E-state index contributed by atoms with van der Waals surface area (Å²) in [7, 11) is 0. The molecule has 0 aromatic heterocycles. The Labute approximate surface area is 147 Å². The highest BCUT2D eigenvalue weighted by Gasteiger charge is 2.22. The highest BCUT2D eigenvalue weighted by atomic mass is 19.1. The van der Waals surface area contributed by atoms with E-state index < -0.39 is 0 Å². The Hall–Kier alpha value is -2.40. The first-order valence-electron chi connectivity index (χ1n) is 8.58. The largest absolute Gasteiger partial charge is 0.492 e. The summed E-state index contributed by atoms with van der Waals surface area (Å²) < 4.78 is 19.0. The third-order valence-corrected chi connectivity index (χ3v) is 4.43. The minimum Gasteiger partial charge on any atom is -0.492 e. The zero-order valence-electron chi connectivity index (χ0n) is 14.5. The van der Waals surface area contributed by atoms with E-state index in [-0.39, 0.29) is 11.7 Å². The van der Waals surface area contributed by atoms with Crippen LogP contribution in [0.15, 0.2) is 48.5 Å². The van der Waals surface area contributed by atoms with E-state index in [9.17, 15) is 9.18 Å². The van der Waals surface area contributed by atoms with Gasteiger partial charge < -0.3 is 9.64 Å². The van der Waals surface area contributed by atoms with Crippen molar-refractivity contribution < 1.29 is 13.9 Å². The van der Waals surface area contributed by atoms with E-state index in [1.807, 2.05) is 31.2 Å². The molecule has 0 unspecified atom stereocenters. The van der Waals surface area contributed by atoms with Crippen LogP contribution in [0.4, 0.5) is 4.39 Å². The number of carbonyl (C=O) groups is 1. The maximum absolute atomic E-state index is 13.3. The van der Waals surface area contributed by atoms with Gasteiger partial charge in [0.1, 0.15) is 18.2 Å². The van der Waals surface area contributed by atoms with Crippen molar-refractivity contribution in [1.29, 1.82) is 0 Å². The second kappa shape index (κ2) is 8.12. The molecule has 2 aromatic rings. The minimum atomic E-state index is -0.377. The summed E-state index contributed by atoms with van der Waals surface area (Å²) in [5.74, 6) is 0.401. The first kappa shape index (κ1) is 17.4. The molecule has 1 aliphatic heterocycles. The van der Waals surface area contributed by atoms with Gasteiger partial charge in [-0.3, -0.25) is 9.69 Å². The molecule has 5 heteroatoms. The van der Waals surface area contributed by atoms with Gasteiger partial charge in [-0.15, -0.1) is 0 Å². The van der Waals surface area contributed by atoms with E-state index in [2.05, 4.69) is 4.90 Å². The molecule has 0 radical (unpaired) electrons. The third kappa shape index (κ3) is 4.79. The molecule has 4 nitrogen and oxygen atoms in total. The number of amides is 1. The van der Waals surface area contributed by atoms with Gasteiger partial charge in [0.2, 0.25) is 0 Å². The summed E-state index contributed by atoms with van der Waals surface area (Å²) in [6, 6.07) is 13.9. The molecule has 0 bridgehead atoms. The molecule has 1 amide bonds. The number of hydrogen-bond acceptors (Lipinski definition) is 3. The predicted octanol–water partition coefficient (Wildman–Crippen LogP) is 2.97. The summed E-state index contributed by atoms with van der Waals surface area (Å²) in [6.45, 7) is 6.42. The second-order valence-electron chi connectivity index (χ2n) is 6.31. The summed E-state index contributed by atoms with van der Waals surface area (Å²) in [4.78, 5) is 16.5. The molecule has 0 saturated carbocycles. The second-order valence-corrected chi connectivity index (χ2v) is 6.31. The van der Waals surface area contributed by atoms with Gasteiger partial charge in [0.25, 0.3) is 5.91 Å². The van der Waals surface area contributed by atoms with E-state index >= 15 is 0 Å². The van der Waals surface area contributed by atoms with Crippen LogP contribution in [0.1, 0.15) is 15.9 Å². The molecule has 132 valence electrons. The molecular formula is C20H23FN2O2. The zero-order chi connectivity index (χ0) is 17.6. The van der Waals surface area contributed by atoms with Gasteiger partial charge in [-0.05, 0) is 37.3 Å². The lowest BCUT2D eigenvalue weighted by molar-refractivity contribution is 0.0620. The van der Waals surface area contributed by atoms with Crippen molar-refractivity contribution in [3.8, 4) is 5.75 Å². The molecule has 1 saturated heterocycles. The first-order chi connectivity index (χ1) is 12.1. The normalized spacial score (nSPS) is 15.2. The van der Waals surface area contributed by atoms with Crippen LogP contribution in [0.25, 0.3) is 0 Å². The van der Waals surface area contributed by atoms with E-state index in [1.54, 1.807) is 17.0 Å². The Bertz CT molecular complexity index is 710. The topological polar surface area (TPSA) is 32.8 Å². The highest BCUT2D eigenvalue weighted by Crippen LogP contribution is 2.12. The van der Waals surface area contributed by atoms with E-state index in [4.69, 9.17) is 4.74 Å². The zero-order valence-corrected chi connectivity index (χ0v) is 14.5. The van der Waals surface area contributed by atoms with Crippen LogP contribution in [0, 0.1) is 12.7 Å². The van der Waals surface area contributed by atoms with Gasteiger partial charge >= 0.3 is 0 Å². The molecule has 0 spiro atoms. The Morgan fingerprint density at radius 3 is 2.48 bits per heavy atom. The number of aryl methyl sites for hydroxylation is 1. The molecule has 1 heterocycles. The summed E-state index contributed by atoms with van der Waals surface area (Å²) in [6.07, 6.45) is 0. The van der Waals surface area contributed by atoms with Gasteiger partial charge in [0.05, 0.1) is 0 Å². The molecule has 2 aromatic carbocycles. The van der Waals surface area contributed by atoms with Crippen molar-refractivity contribution in [2.24, 2.45) is 0 Å². The van der Waals surface area contributed by atoms with Crippen LogP contribution in [-0.2, 0) is 0 Å². The minimum absolute atomic E-state index is 0.102. The Balaban J connectivity index is 1.42. The fourth-order valence-electron chi connectivity index (χ4n) is 2.91. The lowest BCUT2D eigenvalue weighted by Gasteiger charge is -2.34. The highest BCUT2D eigenvalue weighted by molar-refractivity contribution is 5.94. The SMILES string of the molecule is Cc1ccc(OCCN2CCN(C(=O)c3cccc(F)c3)CC2)cc1. The lowest BCUT2D eigenvalue weighted by Crippen LogP contribution is -2.49. The average molecular weight is 342 g/mol. The predicted molar refractivity (Wildman–Crippen MR) is 95.4 cm³/mol. The van der Waals surface area contributed by atoms with Gasteiger partial charge in [-0.2, -0.15) is 0 Å². The van der Waals surface area contributed by atoms with Crippen LogP contribution in [-0.4, -0.2) is 55.0 Å². The lowest BCUT2D eigenvalue weighted by atomic mass is 10.1. The molecule has 1 aliphatic rings. The number of piperazine rings is 1. The smallest absolute Gasteiger partial charge is 0.254 e. The van der Waals surface area contributed by atoms with Gasteiger partial charge in [-0.1, -0.05) is 23.8 Å². The van der Waals surface area contributed by atoms with Crippen molar-refractivity contribution in [3.05, 3.63) is 65.5 Å². The Morgan fingerprint density at radius 2 is 1.80 bits per heavy atom. The van der Waals surface area contributed by atoms with Gasteiger partial charge in [-0.25, -0.2) is 4.39 Å². The maximum atomic E-state index is 13.3. The van der Waals surface area contributed by atoms with Crippen LogP contribution in [0.3, 0.4) is 0 Å². The number of benzene rings is 2. The van der Waals surface area contributed by atoms with Crippen LogP contribution < -0.4 is 4.74 Å². The number of rotatable bonds is 5. The molecule has 25 heavy (non-hydrogen) atoms. The van der Waals surface area contributed by atoms with E-state index in [1.165, 1.54) is 17.7 Å². The fourth-order valence-corrected chi connectivity index (χ4v) is 2.91. The van der Waals surface area contributed by atoms with E-state index in [0.29, 0.717) is 25.3 Å². The summed E-state index contributed by atoms with van der Waals surface area (Å²) in [5.41, 5.74) is 1.63. The Morgan fingerprint density at radius 1 is 1.08 bits per heavy atom. The van der Waals surface area contributed by atoms with E-state index in [0.717, 1.165) is 25.4 Å². The molecule has 0 N–H and O–H groups in total. The summed E-state index contributed by atoms with van der Waals surface area (Å²) in [5, 5.41) is 0. The number of carbonyl (C=O) groups excluding carboxylic acids is 1. The van der Waals surface area contributed by atoms with Crippen molar-refractivity contribution in [2.45, 2.75) is 6.92 Å². The molecule has 1 fully saturated rings. The van der Waals surface area contributed by atoms with Crippen molar-refractivity contribution in [2.75, 3.05) is 39.3 Å².